The number of ether oxygens (including phenoxy) is 2. The summed E-state index contributed by atoms with van der Waals surface area (Å²) in [5.74, 6) is 1.00. The second kappa shape index (κ2) is 10.5. The molecule has 0 aliphatic heterocycles. The molecule has 0 atom stereocenters. The number of carbonyl (C=O) groups excluding carboxylic acids is 2. The lowest BCUT2D eigenvalue weighted by Crippen LogP contribution is -2.36. The fourth-order valence-electron chi connectivity index (χ4n) is 2.56. The Morgan fingerprint density at radius 3 is 2.37 bits per heavy atom. The van der Waals surface area contributed by atoms with Crippen LogP contribution in [0.1, 0.15) is 16.1 Å². The Hall–Kier alpha value is -4.00. The van der Waals surface area contributed by atoms with Crippen LogP contribution in [-0.4, -0.2) is 32.1 Å². The molecule has 0 aliphatic rings. The Kier molecular flexibility index (Phi) is 7.27. The monoisotopic (exact) mass is 406 g/mol. The van der Waals surface area contributed by atoms with Gasteiger partial charge in [-0.1, -0.05) is 18.2 Å². The third kappa shape index (κ3) is 6.00. The molecular formula is C23H22N2O5. The number of rotatable bonds is 9. The maximum atomic E-state index is 12.6. The summed E-state index contributed by atoms with van der Waals surface area (Å²) >= 11 is 0. The highest BCUT2D eigenvalue weighted by Crippen LogP contribution is 2.16. The minimum absolute atomic E-state index is 0.0725. The molecule has 2 N–H and O–H groups in total. The second-order valence-corrected chi connectivity index (χ2v) is 6.17. The van der Waals surface area contributed by atoms with E-state index in [0.29, 0.717) is 17.1 Å². The molecular weight excluding hydrogens is 384 g/mol. The molecule has 1 aromatic heterocycles. The van der Waals surface area contributed by atoms with Gasteiger partial charge in [0.15, 0.2) is 0 Å². The van der Waals surface area contributed by atoms with Crippen LogP contribution in [0.2, 0.25) is 0 Å². The number of benzene rings is 2. The highest BCUT2D eigenvalue weighted by atomic mass is 16.5. The Labute approximate surface area is 174 Å². The molecule has 2 amide bonds. The van der Waals surface area contributed by atoms with Crippen LogP contribution in [-0.2, 0) is 4.79 Å². The fourth-order valence-corrected chi connectivity index (χ4v) is 2.56. The van der Waals surface area contributed by atoms with Crippen molar-refractivity contribution in [3.63, 3.8) is 0 Å². The molecule has 0 fully saturated rings. The van der Waals surface area contributed by atoms with Gasteiger partial charge in [0.05, 0.1) is 19.9 Å². The molecule has 3 rings (SSSR count). The molecule has 2 aromatic carbocycles. The van der Waals surface area contributed by atoms with Gasteiger partial charge in [-0.2, -0.15) is 0 Å². The van der Waals surface area contributed by atoms with Crippen LogP contribution in [0.3, 0.4) is 0 Å². The molecule has 154 valence electrons. The van der Waals surface area contributed by atoms with Crippen molar-refractivity contribution in [2.45, 2.75) is 0 Å². The molecule has 0 aliphatic carbocycles. The standard InChI is InChI=1S/C23H22N2O5/c1-28-18-9-11-19(12-10-18)30-15-13-24-23(27)21(16-20-8-5-14-29-20)25-22(26)17-6-3-2-4-7-17/h2-12,14,16H,13,15H2,1H3,(H,24,27)(H,25,26)/b21-16-. The maximum absolute atomic E-state index is 12.6. The van der Waals surface area contributed by atoms with E-state index in [9.17, 15) is 9.59 Å². The molecule has 0 spiro atoms. The molecule has 7 nitrogen and oxygen atoms in total. The number of methoxy groups -OCH3 is 1. The average molecular weight is 406 g/mol. The van der Waals surface area contributed by atoms with Gasteiger partial charge in [-0.15, -0.1) is 0 Å². The number of hydrogen-bond acceptors (Lipinski definition) is 5. The van der Waals surface area contributed by atoms with E-state index in [4.69, 9.17) is 13.9 Å². The Morgan fingerprint density at radius 2 is 1.70 bits per heavy atom. The van der Waals surface area contributed by atoms with E-state index in [2.05, 4.69) is 10.6 Å². The third-order valence-corrected chi connectivity index (χ3v) is 4.07. The van der Waals surface area contributed by atoms with Crippen molar-refractivity contribution in [1.82, 2.24) is 10.6 Å². The molecule has 0 saturated carbocycles. The quantitative estimate of drug-likeness (QED) is 0.421. The van der Waals surface area contributed by atoms with E-state index in [1.165, 1.54) is 12.3 Å². The summed E-state index contributed by atoms with van der Waals surface area (Å²) in [4.78, 5) is 25.1. The zero-order chi connectivity index (χ0) is 21.2. The second-order valence-electron chi connectivity index (χ2n) is 6.17. The van der Waals surface area contributed by atoms with E-state index < -0.39 is 11.8 Å². The lowest BCUT2D eigenvalue weighted by molar-refractivity contribution is -0.117. The van der Waals surface area contributed by atoms with Gasteiger partial charge in [0, 0.05) is 11.6 Å². The summed E-state index contributed by atoms with van der Waals surface area (Å²) in [7, 11) is 1.59. The fraction of sp³-hybridized carbons (Fsp3) is 0.130. The van der Waals surface area contributed by atoms with Gasteiger partial charge in [-0.3, -0.25) is 9.59 Å². The van der Waals surface area contributed by atoms with Gasteiger partial charge < -0.3 is 24.5 Å². The van der Waals surface area contributed by atoms with Crippen molar-refractivity contribution >= 4 is 17.9 Å². The first kappa shape index (κ1) is 20.7. The zero-order valence-corrected chi connectivity index (χ0v) is 16.5. The van der Waals surface area contributed by atoms with Gasteiger partial charge in [-0.05, 0) is 48.5 Å². The van der Waals surface area contributed by atoms with E-state index in [1.807, 2.05) is 6.07 Å². The molecule has 1 heterocycles. The van der Waals surface area contributed by atoms with Crippen LogP contribution in [0.4, 0.5) is 0 Å². The van der Waals surface area contributed by atoms with Crippen LogP contribution in [0, 0.1) is 0 Å². The smallest absolute Gasteiger partial charge is 0.268 e. The first-order chi connectivity index (χ1) is 14.7. The summed E-state index contributed by atoms with van der Waals surface area (Å²) in [6.07, 6.45) is 2.96. The van der Waals surface area contributed by atoms with Gasteiger partial charge in [0.25, 0.3) is 11.8 Å². The van der Waals surface area contributed by atoms with Gasteiger partial charge in [0.1, 0.15) is 29.6 Å². The van der Waals surface area contributed by atoms with Crippen molar-refractivity contribution < 1.29 is 23.5 Å². The van der Waals surface area contributed by atoms with Gasteiger partial charge in [0.2, 0.25) is 0 Å². The predicted molar refractivity (Wildman–Crippen MR) is 112 cm³/mol. The van der Waals surface area contributed by atoms with Crippen LogP contribution in [0.15, 0.2) is 83.1 Å². The van der Waals surface area contributed by atoms with E-state index in [0.717, 1.165) is 5.75 Å². The third-order valence-electron chi connectivity index (χ3n) is 4.07. The Morgan fingerprint density at radius 1 is 0.967 bits per heavy atom. The molecule has 0 bridgehead atoms. The van der Waals surface area contributed by atoms with Crippen LogP contribution < -0.4 is 20.1 Å². The lowest BCUT2D eigenvalue weighted by atomic mass is 10.2. The van der Waals surface area contributed by atoms with Gasteiger partial charge >= 0.3 is 0 Å². The van der Waals surface area contributed by atoms with Crippen LogP contribution in [0.25, 0.3) is 6.08 Å². The lowest BCUT2D eigenvalue weighted by Gasteiger charge is -2.11. The normalized spacial score (nSPS) is 10.9. The topological polar surface area (TPSA) is 89.8 Å². The summed E-state index contributed by atoms with van der Waals surface area (Å²) in [6.45, 7) is 0.514. The summed E-state index contributed by atoms with van der Waals surface area (Å²) in [5.41, 5.74) is 0.515. The van der Waals surface area contributed by atoms with Crippen LogP contribution in [0.5, 0.6) is 11.5 Å². The molecule has 7 heteroatoms. The van der Waals surface area contributed by atoms with E-state index in [-0.39, 0.29) is 18.8 Å². The molecule has 0 unspecified atom stereocenters. The molecule has 30 heavy (non-hydrogen) atoms. The number of amides is 2. The predicted octanol–water partition coefficient (Wildman–Crippen LogP) is 3.25. The first-order valence-electron chi connectivity index (χ1n) is 9.32. The summed E-state index contributed by atoms with van der Waals surface area (Å²) in [5, 5.41) is 5.37. The van der Waals surface area contributed by atoms with Crippen molar-refractivity contribution in [2.75, 3.05) is 20.3 Å². The minimum atomic E-state index is -0.450. The van der Waals surface area contributed by atoms with Crippen molar-refractivity contribution in [3.8, 4) is 11.5 Å². The number of hydrogen-bond donors (Lipinski definition) is 2. The van der Waals surface area contributed by atoms with E-state index in [1.54, 1.807) is 67.8 Å². The molecule has 0 radical (unpaired) electrons. The highest BCUT2D eigenvalue weighted by molar-refractivity contribution is 6.05. The number of furan rings is 1. The largest absolute Gasteiger partial charge is 0.497 e. The first-order valence-corrected chi connectivity index (χ1v) is 9.32. The van der Waals surface area contributed by atoms with Gasteiger partial charge in [-0.25, -0.2) is 0 Å². The minimum Gasteiger partial charge on any atom is -0.497 e. The summed E-state index contributed by atoms with van der Waals surface area (Å²) in [6, 6.07) is 19.2. The molecule has 3 aromatic rings. The molecule has 0 saturated heterocycles. The van der Waals surface area contributed by atoms with Crippen molar-refractivity contribution in [2.24, 2.45) is 0 Å². The Balaban J connectivity index is 1.58. The van der Waals surface area contributed by atoms with Crippen LogP contribution >= 0.6 is 0 Å². The highest BCUT2D eigenvalue weighted by Gasteiger charge is 2.15. The van der Waals surface area contributed by atoms with Crippen molar-refractivity contribution in [3.05, 3.63) is 90.0 Å². The Bertz CT molecular complexity index is 980. The van der Waals surface area contributed by atoms with E-state index >= 15 is 0 Å². The van der Waals surface area contributed by atoms with Crippen molar-refractivity contribution in [1.29, 1.82) is 0 Å². The maximum Gasteiger partial charge on any atom is 0.268 e. The average Bonchev–Trinajstić information content (AvgIpc) is 3.30. The summed E-state index contributed by atoms with van der Waals surface area (Å²) < 4.78 is 16.0. The zero-order valence-electron chi connectivity index (χ0n) is 16.5. The number of nitrogens with one attached hydrogen (secondary N) is 2. The SMILES string of the molecule is COc1ccc(OCCNC(=O)/C(=C/c2ccco2)NC(=O)c2ccccc2)cc1. The number of carbonyl (C=O) groups is 2.